The second-order valence-electron chi connectivity index (χ2n) is 4.90. The first-order valence-electron chi connectivity index (χ1n) is 6.73. The summed E-state index contributed by atoms with van der Waals surface area (Å²) in [6.45, 7) is 1.87. The van der Waals surface area contributed by atoms with E-state index in [1.807, 2.05) is 29.3 Å². The topological polar surface area (TPSA) is 45.2 Å². The van der Waals surface area contributed by atoms with Gasteiger partial charge < -0.3 is 0 Å². The molecule has 0 unspecified atom stereocenters. The first-order chi connectivity index (χ1) is 9.34. The average Bonchev–Trinajstić information content (AvgIpc) is 2.47. The molecule has 4 nitrogen and oxygen atoms in total. The standard InChI is InChI=1S/C15H17N3O/c19-15(17-18-8-4-1-5-9-18)14-11-16-10-12-6-2-3-7-13(12)14/h2-3,6-7,10-11H,1,4-5,8-9H2,(H,17,19). The van der Waals surface area contributed by atoms with Gasteiger partial charge in [0, 0.05) is 30.9 Å². The predicted molar refractivity (Wildman–Crippen MR) is 74.6 cm³/mol. The van der Waals surface area contributed by atoms with Crippen molar-refractivity contribution in [3.8, 4) is 0 Å². The highest BCUT2D eigenvalue weighted by Crippen LogP contribution is 2.17. The van der Waals surface area contributed by atoms with Crippen molar-refractivity contribution in [2.45, 2.75) is 19.3 Å². The number of carbonyl (C=O) groups is 1. The first kappa shape index (κ1) is 12.1. The van der Waals surface area contributed by atoms with Gasteiger partial charge in [-0.2, -0.15) is 0 Å². The summed E-state index contributed by atoms with van der Waals surface area (Å²) in [6, 6.07) is 7.83. The number of piperidine rings is 1. The number of pyridine rings is 1. The van der Waals surface area contributed by atoms with Gasteiger partial charge >= 0.3 is 0 Å². The molecule has 0 atom stereocenters. The van der Waals surface area contributed by atoms with Gasteiger partial charge in [-0.05, 0) is 18.2 Å². The predicted octanol–water partition coefficient (Wildman–Crippen LogP) is 2.37. The highest BCUT2D eigenvalue weighted by Gasteiger charge is 2.15. The Kier molecular flexibility index (Phi) is 3.42. The highest BCUT2D eigenvalue weighted by atomic mass is 16.2. The minimum atomic E-state index is -0.0637. The summed E-state index contributed by atoms with van der Waals surface area (Å²) in [7, 11) is 0. The third-order valence-electron chi connectivity index (χ3n) is 3.53. The summed E-state index contributed by atoms with van der Waals surface area (Å²) >= 11 is 0. The van der Waals surface area contributed by atoms with Crippen LogP contribution in [-0.4, -0.2) is 29.0 Å². The van der Waals surface area contributed by atoms with E-state index in [1.165, 1.54) is 6.42 Å². The van der Waals surface area contributed by atoms with Crippen LogP contribution < -0.4 is 5.43 Å². The van der Waals surface area contributed by atoms with E-state index in [0.717, 1.165) is 36.7 Å². The van der Waals surface area contributed by atoms with Crippen LogP contribution in [0.3, 0.4) is 0 Å². The average molecular weight is 255 g/mol. The number of rotatable bonds is 2. The quantitative estimate of drug-likeness (QED) is 0.896. The maximum Gasteiger partial charge on any atom is 0.267 e. The molecular weight excluding hydrogens is 238 g/mol. The largest absolute Gasteiger partial charge is 0.285 e. The number of amides is 1. The number of aromatic nitrogens is 1. The lowest BCUT2D eigenvalue weighted by atomic mass is 10.1. The summed E-state index contributed by atoms with van der Waals surface area (Å²) in [5.74, 6) is -0.0637. The molecule has 0 bridgehead atoms. The minimum absolute atomic E-state index is 0.0637. The van der Waals surface area contributed by atoms with Gasteiger partial charge in [0.05, 0.1) is 5.56 Å². The van der Waals surface area contributed by atoms with Crippen molar-refractivity contribution in [2.75, 3.05) is 13.1 Å². The molecule has 0 aliphatic carbocycles. The number of benzene rings is 1. The van der Waals surface area contributed by atoms with E-state index in [4.69, 9.17) is 0 Å². The Labute approximate surface area is 112 Å². The van der Waals surface area contributed by atoms with Crippen LogP contribution >= 0.6 is 0 Å². The summed E-state index contributed by atoms with van der Waals surface area (Å²) in [6.07, 6.45) is 6.97. The van der Waals surface area contributed by atoms with E-state index >= 15 is 0 Å². The van der Waals surface area contributed by atoms with Crippen LogP contribution in [0.25, 0.3) is 10.8 Å². The van der Waals surface area contributed by atoms with Crippen LogP contribution in [0.2, 0.25) is 0 Å². The third kappa shape index (κ3) is 2.58. The van der Waals surface area contributed by atoms with Gasteiger partial charge in [0.25, 0.3) is 5.91 Å². The van der Waals surface area contributed by atoms with Gasteiger partial charge in [-0.1, -0.05) is 30.7 Å². The molecule has 1 aromatic carbocycles. The van der Waals surface area contributed by atoms with Crippen molar-refractivity contribution in [1.82, 2.24) is 15.4 Å². The molecule has 4 heteroatoms. The number of nitrogens with one attached hydrogen (secondary N) is 1. The molecule has 0 radical (unpaired) electrons. The molecule has 1 saturated heterocycles. The first-order valence-corrected chi connectivity index (χ1v) is 6.73. The molecule has 98 valence electrons. The molecule has 1 aliphatic heterocycles. The molecule has 1 N–H and O–H groups in total. The van der Waals surface area contributed by atoms with E-state index in [9.17, 15) is 4.79 Å². The second kappa shape index (κ2) is 5.36. The maximum atomic E-state index is 12.3. The fourth-order valence-corrected chi connectivity index (χ4v) is 2.51. The van der Waals surface area contributed by atoms with Crippen LogP contribution in [0.4, 0.5) is 0 Å². The zero-order valence-electron chi connectivity index (χ0n) is 10.8. The van der Waals surface area contributed by atoms with E-state index in [2.05, 4.69) is 10.4 Å². The van der Waals surface area contributed by atoms with Crippen LogP contribution in [-0.2, 0) is 0 Å². The molecule has 0 spiro atoms. The van der Waals surface area contributed by atoms with E-state index < -0.39 is 0 Å². The minimum Gasteiger partial charge on any atom is -0.285 e. The normalized spacial score (nSPS) is 16.4. The Morgan fingerprint density at radius 1 is 1.11 bits per heavy atom. The zero-order chi connectivity index (χ0) is 13.1. The third-order valence-corrected chi connectivity index (χ3v) is 3.53. The summed E-state index contributed by atoms with van der Waals surface area (Å²) in [4.78, 5) is 16.5. The van der Waals surface area contributed by atoms with Gasteiger partial charge in [-0.3, -0.25) is 15.2 Å². The molecule has 1 fully saturated rings. The maximum absolute atomic E-state index is 12.3. The number of hydrazine groups is 1. The number of hydrogen-bond acceptors (Lipinski definition) is 3. The molecular formula is C15H17N3O. The monoisotopic (exact) mass is 255 g/mol. The molecule has 1 aliphatic rings. The lowest BCUT2D eigenvalue weighted by Gasteiger charge is -2.26. The molecule has 1 amide bonds. The number of fused-ring (bicyclic) bond motifs is 1. The number of carbonyl (C=O) groups excluding carboxylic acids is 1. The Balaban J connectivity index is 1.85. The lowest BCUT2D eigenvalue weighted by Crippen LogP contribution is -2.45. The Morgan fingerprint density at radius 2 is 1.89 bits per heavy atom. The fraction of sp³-hybridized carbons (Fsp3) is 0.333. The van der Waals surface area contributed by atoms with E-state index in [0.29, 0.717) is 5.56 Å². The van der Waals surface area contributed by atoms with Crippen molar-refractivity contribution in [3.05, 3.63) is 42.2 Å². The summed E-state index contributed by atoms with van der Waals surface area (Å²) in [5, 5.41) is 3.95. The summed E-state index contributed by atoms with van der Waals surface area (Å²) < 4.78 is 0. The van der Waals surface area contributed by atoms with Gasteiger partial charge in [0.1, 0.15) is 0 Å². The Morgan fingerprint density at radius 3 is 2.74 bits per heavy atom. The molecule has 0 saturated carbocycles. The molecule has 2 heterocycles. The lowest BCUT2D eigenvalue weighted by molar-refractivity contribution is 0.0751. The van der Waals surface area contributed by atoms with Gasteiger partial charge in [0.15, 0.2) is 0 Å². The SMILES string of the molecule is O=C(NN1CCCCC1)c1cncc2ccccc12. The summed E-state index contributed by atoms with van der Waals surface area (Å²) in [5.41, 5.74) is 3.62. The number of hydrogen-bond donors (Lipinski definition) is 1. The second-order valence-corrected chi connectivity index (χ2v) is 4.90. The van der Waals surface area contributed by atoms with E-state index in [-0.39, 0.29) is 5.91 Å². The van der Waals surface area contributed by atoms with Crippen molar-refractivity contribution in [3.63, 3.8) is 0 Å². The van der Waals surface area contributed by atoms with Crippen LogP contribution in [0.1, 0.15) is 29.6 Å². The fourth-order valence-electron chi connectivity index (χ4n) is 2.51. The smallest absolute Gasteiger partial charge is 0.267 e. The van der Waals surface area contributed by atoms with Gasteiger partial charge in [0.2, 0.25) is 0 Å². The molecule has 1 aromatic heterocycles. The van der Waals surface area contributed by atoms with Gasteiger partial charge in [-0.15, -0.1) is 0 Å². The van der Waals surface area contributed by atoms with Crippen LogP contribution in [0.5, 0.6) is 0 Å². The molecule has 3 rings (SSSR count). The van der Waals surface area contributed by atoms with Crippen molar-refractivity contribution in [1.29, 1.82) is 0 Å². The molecule has 19 heavy (non-hydrogen) atoms. The van der Waals surface area contributed by atoms with E-state index in [1.54, 1.807) is 12.4 Å². The van der Waals surface area contributed by atoms with Crippen molar-refractivity contribution >= 4 is 16.7 Å². The van der Waals surface area contributed by atoms with Crippen LogP contribution in [0, 0.1) is 0 Å². The highest BCUT2D eigenvalue weighted by molar-refractivity contribution is 6.06. The van der Waals surface area contributed by atoms with Crippen molar-refractivity contribution in [2.24, 2.45) is 0 Å². The van der Waals surface area contributed by atoms with Gasteiger partial charge in [-0.25, -0.2) is 5.01 Å². The number of nitrogens with zero attached hydrogens (tertiary/aromatic N) is 2. The molecule has 2 aromatic rings. The zero-order valence-corrected chi connectivity index (χ0v) is 10.8. The Bertz CT molecular complexity index is 585. The van der Waals surface area contributed by atoms with Crippen molar-refractivity contribution < 1.29 is 4.79 Å². The Hall–Kier alpha value is -1.94. The van der Waals surface area contributed by atoms with Crippen LogP contribution in [0.15, 0.2) is 36.7 Å².